The summed E-state index contributed by atoms with van der Waals surface area (Å²) in [5.41, 5.74) is 0.378. The molecule has 1 atom stereocenters. The number of hydrogen-bond donors (Lipinski definition) is 2. The number of amides is 1. The van der Waals surface area contributed by atoms with Crippen LogP contribution in [-0.4, -0.2) is 28.4 Å². The first-order valence-corrected chi connectivity index (χ1v) is 8.01. The minimum atomic E-state index is -0.450. The first kappa shape index (κ1) is 16.0. The molecule has 2 N–H and O–H groups in total. The summed E-state index contributed by atoms with van der Waals surface area (Å²) in [4.78, 5) is 12.1. The van der Waals surface area contributed by atoms with Gasteiger partial charge in [-0.3, -0.25) is 4.79 Å². The Morgan fingerprint density at radius 3 is 2.86 bits per heavy atom. The summed E-state index contributed by atoms with van der Waals surface area (Å²) >= 11 is 8.53. The maximum atomic E-state index is 12.9. The van der Waals surface area contributed by atoms with E-state index in [1.54, 1.807) is 14.0 Å². The molecule has 0 spiro atoms. The van der Waals surface area contributed by atoms with Gasteiger partial charge in [-0.2, -0.15) is 0 Å². The molecule has 0 unspecified atom stereocenters. The van der Waals surface area contributed by atoms with Crippen LogP contribution in [0, 0.1) is 5.82 Å². The first-order valence-electron chi connectivity index (χ1n) is 5.93. The lowest BCUT2D eigenvalue weighted by molar-refractivity contribution is -0.115. The quantitative estimate of drug-likeness (QED) is 0.811. The van der Waals surface area contributed by atoms with Gasteiger partial charge in [0.1, 0.15) is 5.82 Å². The van der Waals surface area contributed by atoms with Gasteiger partial charge in [-0.25, -0.2) is 4.39 Å². The third-order valence-corrected chi connectivity index (χ3v) is 4.89. The van der Waals surface area contributed by atoms with Crippen molar-refractivity contribution >= 4 is 51.4 Å². The molecule has 0 saturated heterocycles. The van der Waals surface area contributed by atoms with Crippen molar-refractivity contribution in [1.29, 1.82) is 0 Å². The van der Waals surface area contributed by atoms with E-state index in [1.807, 2.05) is 0 Å². The smallest absolute Gasteiger partial charge is 0.237 e. The molecule has 0 aliphatic rings. The molecule has 0 saturated carbocycles. The Labute approximate surface area is 134 Å². The maximum absolute atomic E-state index is 12.9. The molecule has 1 aromatic carbocycles. The van der Waals surface area contributed by atoms with Crippen molar-refractivity contribution in [3.8, 4) is 0 Å². The molecule has 21 heavy (non-hydrogen) atoms. The predicted molar refractivity (Wildman–Crippen MR) is 84.8 cm³/mol. The molecular weight excluding hydrogens is 335 g/mol. The number of halogens is 2. The van der Waals surface area contributed by atoms with Gasteiger partial charge in [0.15, 0.2) is 4.34 Å². The fourth-order valence-corrected chi connectivity index (χ4v) is 3.45. The summed E-state index contributed by atoms with van der Waals surface area (Å²) in [6, 6.07) is 3.82. The Morgan fingerprint density at radius 1 is 1.48 bits per heavy atom. The second-order valence-electron chi connectivity index (χ2n) is 4.00. The van der Waals surface area contributed by atoms with Crippen LogP contribution in [0.5, 0.6) is 0 Å². The van der Waals surface area contributed by atoms with Crippen LogP contribution in [0.3, 0.4) is 0 Å². The van der Waals surface area contributed by atoms with Crippen LogP contribution in [-0.2, 0) is 4.79 Å². The SMILES string of the molecule is CNc1nnc(S[C@@H](C)C(=O)Nc2ccc(F)cc2Cl)s1. The summed E-state index contributed by atoms with van der Waals surface area (Å²) in [5.74, 6) is -0.691. The van der Waals surface area contributed by atoms with Crippen LogP contribution in [0.1, 0.15) is 6.92 Å². The van der Waals surface area contributed by atoms with E-state index in [4.69, 9.17) is 11.6 Å². The van der Waals surface area contributed by atoms with Gasteiger partial charge < -0.3 is 10.6 Å². The Kier molecular flexibility index (Phi) is 5.38. The Hall–Kier alpha value is -1.38. The highest BCUT2D eigenvalue weighted by atomic mass is 35.5. The van der Waals surface area contributed by atoms with E-state index < -0.39 is 5.82 Å². The number of benzene rings is 1. The third kappa shape index (κ3) is 4.29. The highest BCUT2D eigenvalue weighted by molar-refractivity contribution is 8.02. The number of nitrogens with one attached hydrogen (secondary N) is 2. The van der Waals surface area contributed by atoms with Crippen LogP contribution in [0.25, 0.3) is 0 Å². The summed E-state index contributed by atoms with van der Waals surface area (Å²) in [6.45, 7) is 1.75. The van der Waals surface area contributed by atoms with Gasteiger partial charge in [-0.15, -0.1) is 10.2 Å². The number of carbonyl (C=O) groups is 1. The number of rotatable bonds is 5. The van der Waals surface area contributed by atoms with E-state index in [9.17, 15) is 9.18 Å². The second-order valence-corrected chi connectivity index (χ2v) is 6.97. The standard InChI is InChI=1S/C12H12ClFN4OS2/c1-6(20-12-18-17-11(15-2)21-12)10(19)16-9-4-3-7(14)5-8(9)13/h3-6H,1-2H3,(H,15,17)(H,16,19)/t6-/m0/s1. The van der Waals surface area contributed by atoms with Crippen molar-refractivity contribution < 1.29 is 9.18 Å². The molecule has 2 rings (SSSR count). The van der Waals surface area contributed by atoms with Gasteiger partial charge in [0.25, 0.3) is 0 Å². The molecule has 0 radical (unpaired) electrons. The summed E-state index contributed by atoms with van der Waals surface area (Å²) < 4.78 is 13.6. The number of hydrogen-bond acceptors (Lipinski definition) is 6. The van der Waals surface area contributed by atoms with Crippen molar-refractivity contribution in [2.75, 3.05) is 17.7 Å². The van der Waals surface area contributed by atoms with Gasteiger partial charge in [-0.1, -0.05) is 34.7 Å². The average molecular weight is 347 g/mol. The maximum Gasteiger partial charge on any atom is 0.237 e. The van der Waals surface area contributed by atoms with Gasteiger partial charge in [0, 0.05) is 7.05 Å². The minimum absolute atomic E-state index is 0.161. The highest BCUT2D eigenvalue weighted by Gasteiger charge is 2.18. The van der Waals surface area contributed by atoms with E-state index in [-0.39, 0.29) is 16.2 Å². The van der Waals surface area contributed by atoms with E-state index in [2.05, 4.69) is 20.8 Å². The lowest BCUT2D eigenvalue weighted by atomic mass is 10.3. The van der Waals surface area contributed by atoms with Crippen LogP contribution < -0.4 is 10.6 Å². The fraction of sp³-hybridized carbons (Fsp3) is 0.250. The minimum Gasteiger partial charge on any atom is -0.363 e. The van der Waals surface area contributed by atoms with Gasteiger partial charge >= 0.3 is 0 Å². The zero-order chi connectivity index (χ0) is 15.4. The van der Waals surface area contributed by atoms with Crippen molar-refractivity contribution in [3.05, 3.63) is 29.0 Å². The monoisotopic (exact) mass is 346 g/mol. The summed E-state index contributed by atoms with van der Waals surface area (Å²) in [5, 5.41) is 13.9. The normalized spacial score (nSPS) is 12.0. The van der Waals surface area contributed by atoms with E-state index in [0.29, 0.717) is 15.2 Å². The van der Waals surface area contributed by atoms with Crippen LogP contribution in [0.15, 0.2) is 22.5 Å². The average Bonchev–Trinajstić information content (AvgIpc) is 2.89. The highest BCUT2D eigenvalue weighted by Crippen LogP contribution is 2.30. The Bertz CT molecular complexity index is 652. The van der Waals surface area contributed by atoms with Crippen LogP contribution in [0.2, 0.25) is 5.02 Å². The zero-order valence-corrected chi connectivity index (χ0v) is 13.6. The van der Waals surface area contributed by atoms with E-state index in [0.717, 1.165) is 6.07 Å². The molecule has 1 heterocycles. The lowest BCUT2D eigenvalue weighted by Gasteiger charge is -2.11. The number of thioether (sulfide) groups is 1. The Balaban J connectivity index is 1.99. The molecule has 5 nitrogen and oxygen atoms in total. The number of nitrogens with zero attached hydrogens (tertiary/aromatic N) is 2. The summed E-state index contributed by atoms with van der Waals surface area (Å²) in [6.07, 6.45) is 0. The Morgan fingerprint density at radius 2 is 2.24 bits per heavy atom. The molecule has 112 valence electrons. The zero-order valence-electron chi connectivity index (χ0n) is 11.2. The topological polar surface area (TPSA) is 66.9 Å². The molecule has 0 fully saturated rings. The van der Waals surface area contributed by atoms with E-state index >= 15 is 0 Å². The predicted octanol–water partition coefficient (Wildman–Crippen LogP) is 3.49. The number of carbonyl (C=O) groups excluding carboxylic acids is 1. The van der Waals surface area contributed by atoms with Crippen molar-refractivity contribution in [3.63, 3.8) is 0 Å². The molecule has 0 aliphatic heterocycles. The third-order valence-electron chi connectivity index (χ3n) is 2.46. The second kappa shape index (κ2) is 7.06. The fourth-order valence-electron chi connectivity index (χ4n) is 1.39. The largest absolute Gasteiger partial charge is 0.363 e. The number of anilines is 2. The molecule has 0 bridgehead atoms. The lowest BCUT2D eigenvalue weighted by Crippen LogP contribution is -2.22. The van der Waals surface area contributed by atoms with Crippen LogP contribution in [0.4, 0.5) is 15.2 Å². The molecule has 9 heteroatoms. The molecule has 1 aromatic heterocycles. The van der Waals surface area contributed by atoms with Crippen molar-refractivity contribution in [2.24, 2.45) is 0 Å². The molecule has 2 aromatic rings. The number of aromatic nitrogens is 2. The van der Waals surface area contributed by atoms with Gasteiger partial charge in [0.05, 0.1) is 16.0 Å². The molecule has 1 amide bonds. The molecule has 0 aliphatic carbocycles. The van der Waals surface area contributed by atoms with Crippen molar-refractivity contribution in [1.82, 2.24) is 10.2 Å². The van der Waals surface area contributed by atoms with Crippen molar-refractivity contribution in [2.45, 2.75) is 16.5 Å². The van der Waals surface area contributed by atoms with Gasteiger partial charge in [0.2, 0.25) is 11.0 Å². The van der Waals surface area contributed by atoms with E-state index in [1.165, 1.54) is 35.2 Å². The van der Waals surface area contributed by atoms with Gasteiger partial charge in [-0.05, 0) is 25.1 Å². The van der Waals surface area contributed by atoms with Crippen LogP contribution >= 0.6 is 34.7 Å². The first-order chi connectivity index (χ1) is 9.99. The molecular formula is C12H12ClFN4OS2. The summed E-state index contributed by atoms with van der Waals surface area (Å²) in [7, 11) is 1.75.